The lowest BCUT2D eigenvalue weighted by molar-refractivity contribution is -0.380. The van der Waals surface area contributed by atoms with Crippen LogP contribution in [0.4, 0.5) is 13.8 Å². The van der Waals surface area contributed by atoms with E-state index in [1.54, 1.807) is 5.38 Å². The van der Waals surface area contributed by atoms with E-state index in [9.17, 15) is 18.9 Å². The Morgan fingerprint density at radius 3 is 2.53 bits per heavy atom. The molecular formula is C12H10F2N2O2S. The molecule has 0 aliphatic rings. The van der Waals surface area contributed by atoms with Crippen molar-refractivity contribution in [2.45, 2.75) is 13.1 Å². The van der Waals surface area contributed by atoms with E-state index in [0.717, 1.165) is 29.0 Å². The summed E-state index contributed by atoms with van der Waals surface area (Å²) in [5, 5.41) is 15.3. The van der Waals surface area contributed by atoms with E-state index in [0.29, 0.717) is 18.7 Å². The molecule has 0 fully saturated rings. The quantitative estimate of drug-likeness (QED) is 0.677. The minimum Gasteiger partial charge on any atom is -0.309 e. The Morgan fingerprint density at radius 2 is 1.89 bits per heavy atom. The van der Waals surface area contributed by atoms with Gasteiger partial charge in [0.25, 0.3) is 0 Å². The van der Waals surface area contributed by atoms with Crippen molar-refractivity contribution in [3.8, 4) is 0 Å². The van der Waals surface area contributed by atoms with Crippen molar-refractivity contribution in [3.05, 3.63) is 62.5 Å². The van der Waals surface area contributed by atoms with Gasteiger partial charge in [0, 0.05) is 24.5 Å². The van der Waals surface area contributed by atoms with Crippen LogP contribution in [0.15, 0.2) is 29.6 Å². The molecule has 0 radical (unpaired) electrons. The van der Waals surface area contributed by atoms with E-state index in [-0.39, 0.29) is 5.00 Å². The van der Waals surface area contributed by atoms with Crippen LogP contribution in [0.25, 0.3) is 0 Å². The maximum absolute atomic E-state index is 12.9. The van der Waals surface area contributed by atoms with Gasteiger partial charge in [0.05, 0.1) is 4.92 Å². The Hall–Kier alpha value is -1.86. The highest BCUT2D eigenvalue weighted by Gasteiger charge is 2.09. The molecule has 19 heavy (non-hydrogen) atoms. The Kier molecular flexibility index (Phi) is 4.18. The van der Waals surface area contributed by atoms with E-state index in [1.165, 1.54) is 12.1 Å². The van der Waals surface area contributed by atoms with Gasteiger partial charge in [-0.15, -0.1) is 0 Å². The van der Waals surface area contributed by atoms with Crippen molar-refractivity contribution in [1.82, 2.24) is 5.32 Å². The van der Waals surface area contributed by atoms with Crippen LogP contribution in [0.2, 0.25) is 0 Å². The third-order valence-electron chi connectivity index (χ3n) is 2.46. The molecule has 0 aliphatic carbocycles. The number of thiophene rings is 1. The van der Waals surface area contributed by atoms with Crippen molar-refractivity contribution < 1.29 is 13.7 Å². The highest BCUT2D eigenvalue weighted by molar-refractivity contribution is 7.13. The van der Waals surface area contributed by atoms with Crippen molar-refractivity contribution in [3.63, 3.8) is 0 Å². The molecule has 1 aromatic heterocycles. The van der Waals surface area contributed by atoms with Crippen LogP contribution in [-0.2, 0) is 13.1 Å². The minimum atomic E-state index is -0.884. The average molecular weight is 284 g/mol. The summed E-state index contributed by atoms with van der Waals surface area (Å²) in [6, 6.07) is 5.17. The summed E-state index contributed by atoms with van der Waals surface area (Å²) in [6.07, 6.45) is 0. The van der Waals surface area contributed by atoms with Gasteiger partial charge in [0.15, 0.2) is 11.6 Å². The van der Waals surface area contributed by atoms with Gasteiger partial charge in [-0.25, -0.2) is 8.78 Å². The van der Waals surface area contributed by atoms with Gasteiger partial charge in [0.2, 0.25) is 0 Å². The summed E-state index contributed by atoms with van der Waals surface area (Å²) in [5.41, 5.74) is 1.41. The third-order valence-corrected chi connectivity index (χ3v) is 3.39. The Morgan fingerprint density at radius 1 is 1.16 bits per heavy atom. The highest BCUT2D eigenvalue weighted by Crippen LogP contribution is 2.22. The number of nitrogens with zero attached hydrogens (tertiary/aromatic N) is 1. The first-order valence-corrected chi connectivity index (χ1v) is 6.30. The molecule has 0 atom stereocenters. The van der Waals surface area contributed by atoms with Crippen LogP contribution in [0.1, 0.15) is 11.1 Å². The molecule has 7 heteroatoms. The molecule has 100 valence electrons. The molecule has 1 aromatic carbocycles. The fourth-order valence-corrected chi connectivity index (χ4v) is 2.28. The summed E-state index contributed by atoms with van der Waals surface area (Å²) in [7, 11) is 0. The molecule has 0 spiro atoms. The van der Waals surface area contributed by atoms with Crippen molar-refractivity contribution >= 4 is 16.3 Å². The average Bonchev–Trinajstić information content (AvgIpc) is 2.83. The summed E-state index contributed by atoms with van der Waals surface area (Å²) < 4.78 is 25.7. The predicted molar refractivity (Wildman–Crippen MR) is 67.9 cm³/mol. The first-order chi connectivity index (χ1) is 9.06. The van der Waals surface area contributed by atoms with Gasteiger partial charge in [-0.05, 0) is 23.3 Å². The first kappa shape index (κ1) is 13.6. The lowest BCUT2D eigenvalue weighted by Crippen LogP contribution is -2.12. The number of nitro groups is 1. The molecule has 1 heterocycles. The molecule has 0 aliphatic heterocycles. The normalized spacial score (nSPS) is 10.6. The molecule has 0 saturated heterocycles. The zero-order valence-electron chi connectivity index (χ0n) is 9.73. The second-order valence-corrected chi connectivity index (χ2v) is 4.79. The maximum atomic E-state index is 12.9. The Bertz CT molecular complexity index is 601. The fourth-order valence-electron chi connectivity index (χ4n) is 1.55. The van der Waals surface area contributed by atoms with Gasteiger partial charge in [-0.1, -0.05) is 17.4 Å². The van der Waals surface area contributed by atoms with E-state index < -0.39 is 16.6 Å². The number of halogens is 2. The minimum absolute atomic E-state index is 0.0876. The molecule has 0 unspecified atom stereocenters. The molecule has 1 N–H and O–H groups in total. The van der Waals surface area contributed by atoms with Crippen LogP contribution >= 0.6 is 11.3 Å². The zero-order valence-corrected chi connectivity index (χ0v) is 10.5. The van der Waals surface area contributed by atoms with E-state index in [2.05, 4.69) is 5.32 Å². The largest absolute Gasteiger partial charge is 0.324 e. The molecular weight excluding hydrogens is 274 g/mol. The van der Waals surface area contributed by atoms with Crippen LogP contribution in [0.5, 0.6) is 0 Å². The summed E-state index contributed by atoms with van der Waals surface area (Å²) in [4.78, 5) is 10.1. The summed E-state index contributed by atoms with van der Waals surface area (Å²) in [6.45, 7) is 0.796. The van der Waals surface area contributed by atoms with Crippen LogP contribution < -0.4 is 5.32 Å². The third kappa shape index (κ3) is 3.55. The van der Waals surface area contributed by atoms with E-state index in [1.807, 2.05) is 0 Å². The number of hydrogen-bond acceptors (Lipinski definition) is 4. The summed E-state index contributed by atoms with van der Waals surface area (Å²) in [5.74, 6) is -1.76. The van der Waals surface area contributed by atoms with Crippen molar-refractivity contribution in [2.75, 3.05) is 0 Å². The number of benzene rings is 1. The lowest BCUT2D eigenvalue weighted by Gasteiger charge is -2.03. The van der Waals surface area contributed by atoms with Crippen molar-refractivity contribution in [1.29, 1.82) is 0 Å². The highest BCUT2D eigenvalue weighted by atomic mass is 32.1. The topological polar surface area (TPSA) is 55.2 Å². The maximum Gasteiger partial charge on any atom is 0.324 e. The summed E-state index contributed by atoms with van der Waals surface area (Å²) >= 11 is 1.06. The monoisotopic (exact) mass is 284 g/mol. The van der Waals surface area contributed by atoms with Gasteiger partial charge >= 0.3 is 5.00 Å². The Labute approximate surface area is 111 Å². The second-order valence-electron chi connectivity index (χ2n) is 3.90. The predicted octanol–water partition coefficient (Wildman–Crippen LogP) is 3.22. The van der Waals surface area contributed by atoms with E-state index >= 15 is 0 Å². The van der Waals surface area contributed by atoms with E-state index in [4.69, 9.17) is 0 Å². The molecule has 0 amide bonds. The van der Waals surface area contributed by atoms with Gasteiger partial charge < -0.3 is 5.32 Å². The second kappa shape index (κ2) is 5.85. The number of hydrogen-bond donors (Lipinski definition) is 1. The molecule has 0 saturated carbocycles. The van der Waals surface area contributed by atoms with Gasteiger partial charge in [-0.2, -0.15) is 0 Å². The first-order valence-electron chi connectivity index (χ1n) is 5.42. The molecule has 4 nitrogen and oxygen atoms in total. The fraction of sp³-hybridized carbons (Fsp3) is 0.167. The van der Waals surface area contributed by atoms with Crippen molar-refractivity contribution in [2.24, 2.45) is 0 Å². The number of rotatable bonds is 5. The van der Waals surface area contributed by atoms with Gasteiger partial charge in [0.1, 0.15) is 0 Å². The zero-order chi connectivity index (χ0) is 13.8. The molecule has 0 bridgehead atoms. The SMILES string of the molecule is O=[N+]([O-])c1cc(CNCc2ccc(F)c(F)c2)cs1. The van der Waals surface area contributed by atoms with Crippen LogP contribution in [0, 0.1) is 21.7 Å². The van der Waals surface area contributed by atoms with Crippen LogP contribution in [0.3, 0.4) is 0 Å². The number of nitrogens with one attached hydrogen (secondary N) is 1. The van der Waals surface area contributed by atoms with Gasteiger partial charge in [-0.3, -0.25) is 10.1 Å². The molecule has 2 aromatic rings. The standard InChI is InChI=1S/C12H10F2N2O2S/c13-10-2-1-8(3-11(10)14)5-15-6-9-4-12(16(17)18)19-7-9/h1-4,7,15H,5-6H2. The smallest absolute Gasteiger partial charge is 0.309 e. The Balaban J connectivity index is 1.88. The lowest BCUT2D eigenvalue weighted by atomic mass is 10.2. The van der Waals surface area contributed by atoms with Crippen LogP contribution in [-0.4, -0.2) is 4.92 Å². The molecule has 2 rings (SSSR count).